The number of carbonyl (C=O) groups is 2. The van der Waals surface area contributed by atoms with E-state index in [1.54, 1.807) is 36.4 Å². The van der Waals surface area contributed by atoms with Gasteiger partial charge in [-0.25, -0.2) is 0 Å². The number of aliphatic hydroxyl groups excluding tert-OH is 1. The number of ether oxygens (including phenoxy) is 1. The highest BCUT2D eigenvalue weighted by molar-refractivity contribution is 8.00. The van der Waals surface area contributed by atoms with Crippen LogP contribution in [0.4, 0.5) is 10.8 Å². The lowest BCUT2D eigenvalue weighted by atomic mass is 9.95. The number of hydrogen-bond acceptors (Lipinski definition) is 9. The number of aliphatic hydroxyl groups is 1. The number of anilines is 2. The third-order valence-electron chi connectivity index (χ3n) is 7.92. The number of benzene rings is 4. The van der Waals surface area contributed by atoms with Gasteiger partial charge in [0, 0.05) is 41.1 Å². The van der Waals surface area contributed by atoms with Crippen LogP contribution in [0, 0.1) is 6.92 Å². The summed E-state index contributed by atoms with van der Waals surface area (Å²) in [6.07, 6.45) is 0. The van der Waals surface area contributed by atoms with E-state index in [1.165, 1.54) is 28.0 Å². The fourth-order valence-corrected chi connectivity index (χ4v) is 7.66. The quantitative estimate of drug-likeness (QED) is 0.0504. The Labute approximate surface area is 296 Å². The molecule has 1 aromatic heterocycles. The highest BCUT2D eigenvalue weighted by Gasteiger charge is 2.48. The Morgan fingerprint density at radius 1 is 0.958 bits per heavy atom. The number of halogens is 2. The lowest BCUT2D eigenvalue weighted by Crippen LogP contribution is -2.29. The summed E-state index contributed by atoms with van der Waals surface area (Å²) in [5, 5.41) is 21.5. The monoisotopic (exact) mass is 716 g/mol. The number of rotatable bonds is 10. The molecule has 1 aliphatic heterocycles. The van der Waals surface area contributed by atoms with Gasteiger partial charge in [0.25, 0.3) is 5.78 Å². The Bertz CT molecular complexity index is 2010. The van der Waals surface area contributed by atoms with Gasteiger partial charge < -0.3 is 14.7 Å². The molecule has 0 radical (unpaired) electrons. The maximum Gasteiger partial charge on any atom is 0.301 e. The van der Waals surface area contributed by atoms with Crippen LogP contribution in [0.15, 0.2) is 101 Å². The molecule has 4 aromatic carbocycles. The lowest BCUT2D eigenvalue weighted by molar-refractivity contribution is -0.132. The van der Waals surface area contributed by atoms with Gasteiger partial charge in [-0.1, -0.05) is 88.8 Å². The number of carbonyl (C=O) groups excluding carboxylic acids is 2. The number of nitrogens with zero attached hydrogens (tertiary/aromatic N) is 4. The van der Waals surface area contributed by atoms with Gasteiger partial charge in [0.1, 0.15) is 18.1 Å². The molecule has 1 atom stereocenters. The van der Waals surface area contributed by atoms with Crippen LogP contribution < -0.4 is 14.5 Å². The van der Waals surface area contributed by atoms with E-state index < -0.39 is 17.7 Å². The number of thioether (sulfide) groups is 1. The summed E-state index contributed by atoms with van der Waals surface area (Å²) < 4.78 is 6.55. The Kier molecular flexibility index (Phi) is 10.1. The summed E-state index contributed by atoms with van der Waals surface area (Å²) in [5.41, 5.74) is 4.97. The predicted octanol–water partition coefficient (Wildman–Crippen LogP) is 8.72. The van der Waals surface area contributed by atoms with Crippen molar-refractivity contribution in [2.75, 3.05) is 23.9 Å². The smallest absolute Gasteiger partial charge is 0.301 e. The van der Waals surface area contributed by atoms with Gasteiger partial charge in [-0.05, 0) is 77.7 Å². The molecule has 1 aliphatic rings. The predicted molar refractivity (Wildman–Crippen MR) is 193 cm³/mol. The zero-order valence-corrected chi connectivity index (χ0v) is 29.3. The van der Waals surface area contributed by atoms with Crippen LogP contribution in [0.1, 0.15) is 33.9 Å². The fraction of sp³-hybridized carbons (Fsp3) is 0.167. The van der Waals surface area contributed by atoms with Crippen molar-refractivity contribution in [3.8, 4) is 5.75 Å². The molecule has 48 heavy (non-hydrogen) atoms. The Morgan fingerprint density at radius 3 is 2.38 bits per heavy atom. The van der Waals surface area contributed by atoms with Gasteiger partial charge in [0.15, 0.2) is 4.34 Å². The average Bonchev–Trinajstić information content (AvgIpc) is 3.65. The Balaban J connectivity index is 1.31. The van der Waals surface area contributed by atoms with Crippen molar-refractivity contribution in [2.24, 2.45) is 0 Å². The topological polar surface area (TPSA) is 95.9 Å². The van der Waals surface area contributed by atoms with Crippen molar-refractivity contribution >= 4 is 74.6 Å². The van der Waals surface area contributed by atoms with E-state index >= 15 is 0 Å². The van der Waals surface area contributed by atoms with Crippen molar-refractivity contribution in [2.45, 2.75) is 29.7 Å². The number of hydrogen-bond donors (Lipinski definition) is 1. The van der Waals surface area contributed by atoms with Gasteiger partial charge >= 0.3 is 5.91 Å². The van der Waals surface area contributed by atoms with Gasteiger partial charge in [0.2, 0.25) is 5.13 Å². The summed E-state index contributed by atoms with van der Waals surface area (Å²) in [6.45, 7) is 2.42. The molecule has 1 amide bonds. The molecule has 1 unspecified atom stereocenters. The van der Waals surface area contributed by atoms with Gasteiger partial charge in [0.05, 0.1) is 11.6 Å². The summed E-state index contributed by atoms with van der Waals surface area (Å²) >= 11 is 15.0. The van der Waals surface area contributed by atoms with Gasteiger partial charge in [-0.2, -0.15) is 0 Å². The molecule has 244 valence electrons. The number of Topliss-reactive ketones (excluding diaryl/α,β-unsaturated/α-hetero) is 1. The highest BCUT2D eigenvalue weighted by Crippen LogP contribution is 2.44. The largest absolute Gasteiger partial charge is 0.507 e. The second-order valence-corrected chi connectivity index (χ2v) is 14.3. The lowest BCUT2D eigenvalue weighted by Gasteiger charge is -2.23. The first-order valence-corrected chi connectivity index (χ1v) is 17.4. The van der Waals surface area contributed by atoms with E-state index in [4.69, 9.17) is 27.9 Å². The molecule has 5 aromatic rings. The summed E-state index contributed by atoms with van der Waals surface area (Å²) in [7, 11) is 3.85. The summed E-state index contributed by atoms with van der Waals surface area (Å²) in [6, 6.07) is 26.6. The zero-order chi connectivity index (χ0) is 33.9. The Hall–Kier alpha value is -4.35. The minimum absolute atomic E-state index is 0.0384. The molecule has 0 aliphatic carbocycles. The van der Waals surface area contributed by atoms with E-state index in [-0.39, 0.29) is 16.5 Å². The van der Waals surface area contributed by atoms with E-state index in [0.29, 0.717) is 43.6 Å². The minimum atomic E-state index is -0.935. The fourth-order valence-electron chi connectivity index (χ4n) is 5.23. The number of ketones is 1. The first-order valence-electron chi connectivity index (χ1n) is 14.9. The van der Waals surface area contributed by atoms with Crippen LogP contribution in [-0.2, 0) is 21.9 Å². The zero-order valence-electron chi connectivity index (χ0n) is 26.2. The SMILES string of the molecule is Cc1ccccc1COc1ccc(C(O)=C2C(=O)C(=O)N(c3nnc(SCc4ccc(Cl)cc4Cl)s3)C2c2ccc(N(C)C)cc2)cc1. The molecule has 8 nitrogen and oxygen atoms in total. The van der Waals surface area contributed by atoms with Crippen LogP contribution in [0.5, 0.6) is 5.75 Å². The van der Waals surface area contributed by atoms with E-state index in [0.717, 1.165) is 22.4 Å². The minimum Gasteiger partial charge on any atom is -0.507 e. The second-order valence-electron chi connectivity index (χ2n) is 11.3. The molecule has 6 rings (SSSR count). The van der Waals surface area contributed by atoms with Crippen molar-refractivity contribution in [1.82, 2.24) is 10.2 Å². The first kappa shape index (κ1) is 33.5. The van der Waals surface area contributed by atoms with Gasteiger partial charge in [-0.3, -0.25) is 14.5 Å². The first-order chi connectivity index (χ1) is 23.1. The normalized spacial score (nSPS) is 15.6. The summed E-state index contributed by atoms with van der Waals surface area (Å²) in [4.78, 5) is 30.6. The van der Waals surface area contributed by atoms with Crippen LogP contribution in [0.3, 0.4) is 0 Å². The average molecular weight is 718 g/mol. The Morgan fingerprint density at radius 2 is 1.69 bits per heavy atom. The molecule has 1 fully saturated rings. The third kappa shape index (κ3) is 7.07. The number of aromatic nitrogens is 2. The molecule has 12 heteroatoms. The molecule has 1 saturated heterocycles. The third-order valence-corrected chi connectivity index (χ3v) is 10.6. The molecule has 1 N–H and O–H groups in total. The van der Waals surface area contributed by atoms with Crippen LogP contribution in [0.2, 0.25) is 10.0 Å². The van der Waals surface area contributed by atoms with Crippen molar-refractivity contribution < 1.29 is 19.4 Å². The van der Waals surface area contributed by atoms with Crippen LogP contribution in [0.25, 0.3) is 5.76 Å². The highest BCUT2D eigenvalue weighted by atomic mass is 35.5. The molecule has 2 heterocycles. The molecular formula is C36H30Cl2N4O4S2. The maximum atomic E-state index is 13.7. The molecular weight excluding hydrogens is 687 g/mol. The van der Waals surface area contributed by atoms with Crippen LogP contribution >= 0.6 is 46.3 Å². The van der Waals surface area contributed by atoms with Crippen LogP contribution in [-0.4, -0.2) is 41.1 Å². The maximum absolute atomic E-state index is 13.7. The molecule has 0 bridgehead atoms. The molecule has 0 saturated carbocycles. The number of aryl methyl sites for hydroxylation is 1. The number of amides is 1. The van der Waals surface area contributed by atoms with Crippen molar-refractivity contribution in [3.05, 3.63) is 134 Å². The van der Waals surface area contributed by atoms with Gasteiger partial charge in [-0.15, -0.1) is 10.2 Å². The van der Waals surface area contributed by atoms with Crippen molar-refractivity contribution in [3.63, 3.8) is 0 Å². The molecule has 0 spiro atoms. The van der Waals surface area contributed by atoms with Crippen molar-refractivity contribution in [1.29, 1.82) is 0 Å². The second kappa shape index (κ2) is 14.4. The van der Waals surface area contributed by atoms with E-state index in [2.05, 4.69) is 10.2 Å². The standard InChI is InChI=1S/C36H30Cl2N4O4S2/c1-21-6-4-5-7-24(21)19-46-28-16-11-23(12-17-28)32(43)30-31(22-9-14-27(15-10-22)41(2)3)42(34(45)33(30)44)35-39-40-36(48-35)47-20-25-8-13-26(37)18-29(25)38/h4-18,31,43H,19-20H2,1-3H3. The van der Waals surface area contributed by atoms with E-state index in [1.807, 2.05) is 80.5 Å². The van der Waals surface area contributed by atoms with E-state index in [9.17, 15) is 14.7 Å². The summed E-state index contributed by atoms with van der Waals surface area (Å²) in [5.74, 6) is -0.801.